The molecule has 0 radical (unpaired) electrons. The van der Waals surface area contributed by atoms with Gasteiger partial charge in [-0.3, -0.25) is 4.79 Å². The van der Waals surface area contributed by atoms with E-state index in [1.54, 1.807) is 13.0 Å². The van der Waals surface area contributed by atoms with Gasteiger partial charge in [0.15, 0.2) is 5.82 Å². The Kier molecular flexibility index (Phi) is 7.72. The van der Waals surface area contributed by atoms with Gasteiger partial charge >= 0.3 is 0 Å². The minimum absolute atomic E-state index is 0.00601. The average Bonchev–Trinajstić information content (AvgIpc) is 3.15. The fourth-order valence-electron chi connectivity index (χ4n) is 3.17. The molecule has 178 valence electrons. The van der Waals surface area contributed by atoms with Gasteiger partial charge < -0.3 is 15.4 Å². The van der Waals surface area contributed by atoms with Crippen LogP contribution in [0.5, 0.6) is 5.88 Å². The maximum Gasteiger partial charge on any atom is 0.258 e. The Morgan fingerprint density at radius 2 is 2.12 bits per heavy atom. The second-order valence-electron chi connectivity index (χ2n) is 7.24. The molecule has 1 amide bonds. The number of aromatic nitrogens is 4. The van der Waals surface area contributed by atoms with E-state index < -0.39 is 30.8 Å². The van der Waals surface area contributed by atoms with Gasteiger partial charge in [0, 0.05) is 18.2 Å². The van der Waals surface area contributed by atoms with Crippen molar-refractivity contribution >= 4 is 27.7 Å². The summed E-state index contributed by atoms with van der Waals surface area (Å²) in [6, 6.07) is 6.74. The highest BCUT2D eigenvalue weighted by Gasteiger charge is 2.23. The molecule has 0 aliphatic heterocycles. The van der Waals surface area contributed by atoms with Crippen LogP contribution in [-0.2, 0) is 13.1 Å². The molecule has 0 unspecified atom stereocenters. The average molecular weight is 538 g/mol. The lowest BCUT2D eigenvalue weighted by Gasteiger charge is -2.21. The van der Waals surface area contributed by atoms with E-state index in [1.807, 2.05) is 0 Å². The first-order chi connectivity index (χ1) is 16.1. The largest absolute Gasteiger partial charge is 0.467 e. The number of amides is 1. The number of carbonyl (C=O) groups excluding carboxylic acids is 1. The summed E-state index contributed by atoms with van der Waals surface area (Å²) in [5.41, 5.74) is 6.37. The summed E-state index contributed by atoms with van der Waals surface area (Å²) in [4.78, 5) is 22.5. The van der Waals surface area contributed by atoms with E-state index in [4.69, 9.17) is 15.7 Å². The van der Waals surface area contributed by atoms with Crippen molar-refractivity contribution in [3.63, 3.8) is 0 Å². The van der Waals surface area contributed by atoms with Crippen molar-refractivity contribution in [3.8, 4) is 11.9 Å². The first-order valence-electron chi connectivity index (χ1n) is 9.83. The molecule has 2 heterocycles. The third kappa shape index (κ3) is 5.82. The molecule has 0 aliphatic carbocycles. The number of nitriles is 1. The van der Waals surface area contributed by atoms with Crippen LogP contribution in [0.1, 0.15) is 40.3 Å². The minimum Gasteiger partial charge on any atom is -0.467 e. The van der Waals surface area contributed by atoms with Gasteiger partial charge in [-0.15, -0.1) is 0 Å². The third-order valence-electron chi connectivity index (χ3n) is 4.71. The Morgan fingerprint density at radius 3 is 2.79 bits per heavy atom. The highest BCUT2D eigenvalue weighted by atomic mass is 79.9. The number of alkyl halides is 2. The fourth-order valence-corrected chi connectivity index (χ4v) is 3.43. The van der Waals surface area contributed by atoms with Crippen LogP contribution < -0.4 is 10.5 Å². The number of anilines is 1. The van der Waals surface area contributed by atoms with Gasteiger partial charge in [-0.1, -0.05) is 0 Å². The number of nitrogens with two attached hydrogens (primary N) is 1. The topological polar surface area (TPSA) is 123 Å². The van der Waals surface area contributed by atoms with Crippen LogP contribution >= 0.6 is 15.9 Å². The van der Waals surface area contributed by atoms with Crippen LogP contribution in [0.2, 0.25) is 0 Å². The lowest BCUT2D eigenvalue weighted by molar-refractivity contribution is 0.0776. The Morgan fingerprint density at radius 1 is 1.38 bits per heavy atom. The Labute approximate surface area is 201 Å². The molecule has 0 aliphatic rings. The maximum absolute atomic E-state index is 14.0. The zero-order valence-electron chi connectivity index (χ0n) is 18.0. The first kappa shape index (κ1) is 25.0. The number of hydrogen-bond acceptors (Lipinski definition) is 7. The van der Waals surface area contributed by atoms with Gasteiger partial charge in [-0.25, -0.2) is 27.8 Å². The predicted octanol–water partition coefficient (Wildman–Crippen LogP) is 3.71. The maximum atomic E-state index is 14.0. The van der Waals surface area contributed by atoms with Gasteiger partial charge in [-0.2, -0.15) is 10.4 Å². The van der Waals surface area contributed by atoms with Crippen molar-refractivity contribution < 1.29 is 22.7 Å². The number of halogens is 4. The summed E-state index contributed by atoms with van der Waals surface area (Å²) in [6.45, 7) is 0.789. The van der Waals surface area contributed by atoms with Gasteiger partial charge in [0.1, 0.15) is 34.8 Å². The molecule has 3 aromatic rings. The van der Waals surface area contributed by atoms with E-state index in [0.29, 0.717) is 4.60 Å². The smallest absolute Gasteiger partial charge is 0.258 e. The molecule has 2 aromatic heterocycles. The molecule has 0 spiro atoms. The van der Waals surface area contributed by atoms with E-state index in [1.165, 1.54) is 36.3 Å². The molecule has 3 rings (SSSR count). The second kappa shape index (κ2) is 10.5. The summed E-state index contributed by atoms with van der Waals surface area (Å²) in [5.74, 6) is -1.06. The van der Waals surface area contributed by atoms with Gasteiger partial charge in [0.05, 0.1) is 18.4 Å². The Balaban J connectivity index is 1.84. The zero-order valence-corrected chi connectivity index (χ0v) is 19.6. The molecule has 0 fully saturated rings. The molecule has 0 saturated heterocycles. The number of benzene rings is 1. The quantitative estimate of drug-likeness (QED) is 0.464. The zero-order chi connectivity index (χ0) is 25.0. The van der Waals surface area contributed by atoms with E-state index in [-0.39, 0.29) is 40.8 Å². The number of nitrogens with zero attached hydrogens (tertiary/aromatic N) is 6. The Hall–Kier alpha value is -3.66. The molecule has 1 atom stereocenters. The molecule has 0 bridgehead atoms. The van der Waals surface area contributed by atoms with E-state index >= 15 is 0 Å². The highest BCUT2D eigenvalue weighted by Crippen LogP contribution is 2.28. The number of carbonyl (C=O) groups is 1. The van der Waals surface area contributed by atoms with Crippen molar-refractivity contribution in [2.24, 2.45) is 0 Å². The molecule has 2 N–H and O–H groups in total. The first-order valence-corrected chi connectivity index (χ1v) is 10.6. The monoisotopic (exact) mass is 537 g/mol. The van der Waals surface area contributed by atoms with Crippen molar-refractivity contribution in [1.82, 2.24) is 24.6 Å². The molecular formula is C21H19BrF3N7O2. The van der Waals surface area contributed by atoms with E-state index in [9.17, 15) is 18.0 Å². The lowest BCUT2D eigenvalue weighted by Crippen LogP contribution is -2.28. The number of rotatable bonds is 8. The van der Waals surface area contributed by atoms with Crippen LogP contribution in [0.25, 0.3) is 0 Å². The molecular weight excluding hydrogens is 519 g/mol. The Bertz CT molecular complexity index is 1250. The summed E-state index contributed by atoms with van der Waals surface area (Å²) < 4.78 is 46.5. The summed E-state index contributed by atoms with van der Waals surface area (Å²) in [6.07, 6.45) is -2.13. The van der Waals surface area contributed by atoms with Gasteiger partial charge in [-0.05, 0) is 47.1 Å². The molecule has 1 aromatic carbocycles. The van der Waals surface area contributed by atoms with Crippen LogP contribution in [0.3, 0.4) is 0 Å². The molecule has 9 nitrogen and oxygen atoms in total. The minimum atomic E-state index is -2.69. The highest BCUT2D eigenvalue weighted by molar-refractivity contribution is 9.10. The summed E-state index contributed by atoms with van der Waals surface area (Å²) in [7, 11) is 1.47. The third-order valence-corrected chi connectivity index (χ3v) is 5.09. The van der Waals surface area contributed by atoms with Crippen molar-refractivity contribution in [3.05, 3.63) is 63.4 Å². The SMILES string of the molecule is C[C@@H](Oc1nc(Br)cnc1N)c1cc(F)ccc1C(=O)N(C)Cc1cc(C#N)n(CC(F)F)n1. The van der Waals surface area contributed by atoms with Crippen LogP contribution in [0.15, 0.2) is 35.1 Å². The van der Waals surface area contributed by atoms with Gasteiger partial charge in [0.2, 0.25) is 0 Å². The molecule has 0 saturated carbocycles. The van der Waals surface area contributed by atoms with Gasteiger partial charge in [0.25, 0.3) is 18.2 Å². The van der Waals surface area contributed by atoms with Crippen LogP contribution in [-0.4, -0.2) is 44.0 Å². The summed E-state index contributed by atoms with van der Waals surface area (Å²) in [5, 5.41) is 13.1. The number of hydrogen-bond donors (Lipinski definition) is 1. The standard InChI is InChI=1S/C21H19BrF3N7O2/c1-11(34-20-19(27)28-8-17(22)29-20)16-5-12(23)3-4-15(16)21(33)31(2)9-13-6-14(7-26)32(30-13)10-18(24)25/h3-6,8,11,18H,9-10H2,1-2H3,(H2,27,28)/t11-/m1/s1. The fraction of sp³-hybridized carbons (Fsp3) is 0.286. The van der Waals surface area contributed by atoms with E-state index in [2.05, 4.69) is 31.0 Å². The lowest BCUT2D eigenvalue weighted by atomic mass is 10.0. The van der Waals surface area contributed by atoms with Crippen LogP contribution in [0.4, 0.5) is 19.0 Å². The number of nitrogen functional groups attached to an aromatic ring is 1. The predicted molar refractivity (Wildman–Crippen MR) is 118 cm³/mol. The van der Waals surface area contributed by atoms with Crippen molar-refractivity contribution in [1.29, 1.82) is 5.26 Å². The van der Waals surface area contributed by atoms with Crippen molar-refractivity contribution in [2.45, 2.75) is 32.5 Å². The van der Waals surface area contributed by atoms with E-state index in [0.717, 1.165) is 10.7 Å². The molecule has 34 heavy (non-hydrogen) atoms. The summed E-state index contributed by atoms with van der Waals surface area (Å²) >= 11 is 3.17. The number of ether oxygens (including phenoxy) is 1. The van der Waals surface area contributed by atoms with Crippen LogP contribution in [0, 0.1) is 17.1 Å². The normalized spacial score (nSPS) is 11.8. The molecule has 13 heteroatoms. The van der Waals surface area contributed by atoms with Crippen molar-refractivity contribution in [2.75, 3.05) is 12.8 Å². The second-order valence-corrected chi connectivity index (χ2v) is 8.05.